The molecular weight excluding hydrogens is 245 g/mol. The van der Waals surface area contributed by atoms with E-state index in [-0.39, 0.29) is 11.9 Å². The Morgan fingerprint density at radius 2 is 2.26 bits per heavy atom. The van der Waals surface area contributed by atoms with E-state index in [4.69, 9.17) is 10.5 Å². The van der Waals surface area contributed by atoms with Gasteiger partial charge in [0, 0.05) is 6.04 Å². The predicted molar refractivity (Wildman–Crippen MR) is 71.4 cm³/mol. The van der Waals surface area contributed by atoms with E-state index in [2.05, 4.69) is 0 Å². The molecule has 0 heterocycles. The summed E-state index contributed by atoms with van der Waals surface area (Å²) in [5.41, 5.74) is 7.20. The SMILES string of the molecule is COC(=O)c1ccc(F)cc1CC[C@@H]1CCC[C@@H]1N. The van der Waals surface area contributed by atoms with Crippen LogP contribution in [0.4, 0.5) is 4.39 Å². The molecule has 1 saturated carbocycles. The normalized spacial score (nSPS) is 22.5. The summed E-state index contributed by atoms with van der Waals surface area (Å²) in [5.74, 6) is -0.252. The Balaban J connectivity index is 2.09. The van der Waals surface area contributed by atoms with Crippen LogP contribution in [0.25, 0.3) is 0 Å². The highest BCUT2D eigenvalue weighted by Crippen LogP contribution is 2.28. The van der Waals surface area contributed by atoms with Crippen molar-refractivity contribution in [2.24, 2.45) is 11.7 Å². The monoisotopic (exact) mass is 265 g/mol. The molecule has 0 radical (unpaired) electrons. The molecule has 19 heavy (non-hydrogen) atoms. The standard InChI is InChI=1S/C15H20FNO2/c1-19-15(18)13-8-7-12(16)9-11(13)6-5-10-3-2-4-14(10)17/h7-10,14H,2-6,17H2,1H3/t10-,14-/m0/s1. The Bertz CT molecular complexity index is 461. The van der Waals surface area contributed by atoms with E-state index in [0.29, 0.717) is 23.5 Å². The van der Waals surface area contributed by atoms with Crippen LogP contribution in [0.5, 0.6) is 0 Å². The summed E-state index contributed by atoms with van der Waals surface area (Å²) in [6.45, 7) is 0. The zero-order valence-electron chi connectivity index (χ0n) is 11.2. The zero-order valence-corrected chi connectivity index (χ0v) is 11.2. The maximum atomic E-state index is 13.3. The van der Waals surface area contributed by atoms with Crippen molar-refractivity contribution in [3.8, 4) is 0 Å². The molecule has 104 valence electrons. The van der Waals surface area contributed by atoms with Crippen LogP contribution in [0.3, 0.4) is 0 Å². The summed E-state index contributed by atoms with van der Waals surface area (Å²) < 4.78 is 18.0. The highest BCUT2D eigenvalue weighted by Gasteiger charge is 2.24. The molecule has 3 nitrogen and oxygen atoms in total. The van der Waals surface area contributed by atoms with Gasteiger partial charge >= 0.3 is 5.97 Å². The van der Waals surface area contributed by atoms with E-state index in [0.717, 1.165) is 19.3 Å². The third kappa shape index (κ3) is 3.32. The van der Waals surface area contributed by atoms with Crippen molar-refractivity contribution >= 4 is 5.97 Å². The Morgan fingerprint density at radius 3 is 2.89 bits per heavy atom. The number of hydrogen-bond donors (Lipinski definition) is 1. The molecule has 0 spiro atoms. The number of methoxy groups -OCH3 is 1. The third-order valence-electron chi connectivity index (χ3n) is 3.97. The van der Waals surface area contributed by atoms with E-state index in [1.807, 2.05) is 0 Å². The maximum Gasteiger partial charge on any atom is 0.338 e. The van der Waals surface area contributed by atoms with E-state index in [1.54, 1.807) is 0 Å². The fraction of sp³-hybridized carbons (Fsp3) is 0.533. The number of carbonyl (C=O) groups is 1. The summed E-state index contributed by atoms with van der Waals surface area (Å²) in [5, 5.41) is 0. The maximum absolute atomic E-state index is 13.3. The second-order valence-corrected chi connectivity index (χ2v) is 5.19. The number of rotatable bonds is 4. The van der Waals surface area contributed by atoms with Crippen LogP contribution in [0, 0.1) is 11.7 Å². The predicted octanol–water partition coefficient (Wildman–Crippen LogP) is 2.67. The van der Waals surface area contributed by atoms with Gasteiger partial charge in [0.15, 0.2) is 0 Å². The van der Waals surface area contributed by atoms with E-state index >= 15 is 0 Å². The van der Waals surface area contributed by atoms with Crippen LogP contribution in [-0.4, -0.2) is 19.1 Å². The molecule has 1 aliphatic rings. The lowest BCUT2D eigenvalue weighted by Gasteiger charge is -2.16. The minimum absolute atomic E-state index is 0.245. The van der Waals surface area contributed by atoms with Crippen molar-refractivity contribution in [1.82, 2.24) is 0 Å². The zero-order chi connectivity index (χ0) is 13.8. The van der Waals surface area contributed by atoms with E-state index < -0.39 is 5.97 Å². The molecule has 2 N–H and O–H groups in total. The summed E-state index contributed by atoms with van der Waals surface area (Å²) >= 11 is 0. The summed E-state index contributed by atoms with van der Waals surface area (Å²) in [4.78, 5) is 11.6. The van der Waals surface area contributed by atoms with Crippen molar-refractivity contribution in [1.29, 1.82) is 0 Å². The van der Waals surface area contributed by atoms with Gasteiger partial charge in [-0.15, -0.1) is 0 Å². The van der Waals surface area contributed by atoms with Gasteiger partial charge in [-0.1, -0.05) is 6.42 Å². The molecule has 0 aliphatic heterocycles. The number of carbonyl (C=O) groups excluding carboxylic acids is 1. The largest absolute Gasteiger partial charge is 0.465 e. The topological polar surface area (TPSA) is 52.3 Å². The van der Waals surface area contributed by atoms with E-state index in [9.17, 15) is 9.18 Å². The third-order valence-corrected chi connectivity index (χ3v) is 3.97. The van der Waals surface area contributed by atoms with Crippen LogP contribution >= 0.6 is 0 Å². The first-order valence-electron chi connectivity index (χ1n) is 6.74. The van der Waals surface area contributed by atoms with Gasteiger partial charge in [0.1, 0.15) is 5.82 Å². The lowest BCUT2D eigenvalue weighted by molar-refractivity contribution is 0.0599. The Hall–Kier alpha value is -1.42. The minimum atomic E-state index is -0.411. The first-order chi connectivity index (χ1) is 9.11. The van der Waals surface area contributed by atoms with Gasteiger partial charge in [-0.2, -0.15) is 0 Å². The molecule has 0 unspecified atom stereocenters. The number of halogens is 1. The number of nitrogens with two attached hydrogens (primary N) is 1. The number of benzene rings is 1. The highest BCUT2D eigenvalue weighted by atomic mass is 19.1. The fourth-order valence-corrected chi connectivity index (χ4v) is 2.84. The first-order valence-corrected chi connectivity index (χ1v) is 6.74. The molecule has 0 aromatic heterocycles. The number of hydrogen-bond acceptors (Lipinski definition) is 3. The summed E-state index contributed by atoms with van der Waals surface area (Å²) in [7, 11) is 1.34. The lowest BCUT2D eigenvalue weighted by atomic mass is 9.93. The van der Waals surface area contributed by atoms with Crippen molar-refractivity contribution < 1.29 is 13.9 Å². The van der Waals surface area contributed by atoms with Gasteiger partial charge in [0.05, 0.1) is 12.7 Å². The van der Waals surface area contributed by atoms with Crippen LogP contribution in [0.2, 0.25) is 0 Å². The molecule has 2 rings (SSSR count). The Labute approximate surface area is 112 Å². The average molecular weight is 265 g/mol. The van der Waals surface area contributed by atoms with Crippen LogP contribution in [0.1, 0.15) is 41.6 Å². The van der Waals surface area contributed by atoms with Gasteiger partial charge in [-0.05, 0) is 55.4 Å². The van der Waals surface area contributed by atoms with Gasteiger partial charge in [-0.25, -0.2) is 9.18 Å². The van der Waals surface area contributed by atoms with Crippen LogP contribution in [-0.2, 0) is 11.2 Å². The smallest absolute Gasteiger partial charge is 0.338 e. The second-order valence-electron chi connectivity index (χ2n) is 5.19. The molecular formula is C15H20FNO2. The molecule has 1 aromatic rings. The molecule has 0 saturated heterocycles. The van der Waals surface area contributed by atoms with Crippen molar-refractivity contribution in [3.05, 3.63) is 35.1 Å². The molecule has 1 aliphatic carbocycles. The van der Waals surface area contributed by atoms with Gasteiger partial charge in [0.2, 0.25) is 0 Å². The molecule has 1 aromatic carbocycles. The Morgan fingerprint density at radius 1 is 1.47 bits per heavy atom. The van der Waals surface area contributed by atoms with Crippen molar-refractivity contribution in [3.63, 3.8) is 0 Å². The van der Waals surface area contributed by atoms with Crippen LogP contribution < -0.4 is 5.73 Å². The molecule has 0 amide bonds. The summed E-state index contributed by atoms with van der Waals surface area (Å²) in [6, 6.07) is 4.45. The first kappa shape index (κ1) is 14.0. The van der Waals surface area contributed by atoms with Crippen molar-refractivity contribution in [2.45, 2.75) is 38.1 Å². The molecule has 0 bridgehead atoms. The van der Waals surface area contributed by atoms with Gasteiger partial charge in [-0.3, -0.25) is 0 Å². The number of ether oxygens (including phenoxy) is 1. The molecule has 4 heteroatoms. The van der Waals surface area contributed by atoms with Gasteiger partial charge in [0.25, 0.3) is 0 Å². The number of aryl methyl sites for hydroxylation is 1. The quantitative estimate of drug-likeness (QED) is 0.851. The van der Waals surface area contributed by atoms with Gasteiger partial charge < -0.3 is 10.5 Å². The van der Waals surface area contributed by atoms with E-state index in [1.165, 1.54) is 31.7 Å². The molecule has 2 atom stereocenters. The average Bonchev–Trinajstić information content (AvgIpc) is 2.81. The highest BCUT2D eigenvalue weighted by molar-refractivity contribution is 5.91. The molecule has 1 fully saturated rings. The second kappa shape index (κ2) is 6.15. The fourth-order valence-electron chi connectivity index (χ4n) is 2.84. The summed E-state index contributed by atoms with van der Waals surface area (Å²) in [6.07, 6.45) is 4.93. The lowest BCUT2D eigenvalue weighted by Crippen LogP contribution is -2.24. The number of esters is 1. The Kier molecular flexibility index (Phi) is 4.53. The van der Waals surface area contributed by atoms with Crippen LogP contribution in [0.15, 0.2) is 18.2 Å². The minimum Gasteiger partial charge on any atom is -0.465 e. The van der Waals surface area contributed by atoms with Crippen molar-refractivity contribution in [2.75, 3.05) is 7.11 Å².